The molecule has 1 aromatic carbocycles. The van der Waals surface area contributed by atoms with Gasteiger partial charge >= 0.3 is 0 Å². The number of carbonyl (C=O) groups excluding carboxylic acids is 1. The maximum atomic E-state index is 12.6. The van der Waals surface area contributed by atoms with E-state index in [1.54, 1.807) is 0 Å². The number of nitrogens with one attached hydrogen (secondary N) is 2. The number of hydrogen-bond donors (Lipinski definition) is 2. The number of benzene rings is 1. The van der Waals surface area contributed by atoms with Gasteiger partial charge in [-0.2, -0.15) is 0 Å². The molecule has 0 aromatic heterocycles. The van der Waals surface area contributed by atoms with Crippen molar-refractivity contribution in [2.24, 2.45) is 17.8 Å². The lowest BCUT2D eigenvalue weighted by Gasteiger charge is -2.34. The summed E-state index contributed by atoms with van der Waals surface area (Å²) in [6.07, 6.45) is 2.16. The van der Waals surface area contributed by atoms with Gasteiger partial charge in [-0.25, -0.2) is 0 Å². The lowest BCUT2D eigenvalue weighted by molar-refractivity contribution is -0.127. The summed E-state index contributed by atoms with van der Waals surface area (Å²) in [5.41, 5.74) is 1.22. The first-order valence-electron chi connectivity index (χ1n) is 8.23. The summed E-state index contributed by atoms with van der Waals surface area (Å²) in [5.74, 6) is 1.26. The molecule has 1 aliphatic rings. The molecule has 1 saturated heterocycles. The van der Waals surface area contributed by atoms with Crippen LogP contribution in [-0.2, 0) is 4.79 Å². The normalized spacial score (nSPS) is 18.1. The molecule has 1 aliphatic heterocycles. The zero-order valence-electron chi connectivity index (χ0n) is 13.4. The van der Waals surface area contributed by atoms with Crippen LogP contribution >= 0.6 is 0 Å². The summed E-state index contributed by atoms with van der Waals surface area (Å²) >= 11 is 0. The van der Waals surface area contributed by atoms with Crippen LogP contribution in [0.5, 0.6) is 0 Å². The van der Waals surface area contributed by atoms with Crippen LogP contribution in [0.2, 0.25) is 0 Å². The van der Waals surface area contributed by atoms with E-state index in [1.807, 2.05) is 6.07 Å². The molecule has 3 heteroatoms. The van der Waals surface area contributed by atoms with Crippen molar-refractivity contribution in [3.8, 4) is 0 Å². The van der Waals surface area contributed by atoms with Gasteiger partial charge in [-0.15, -0.1) is 0 Å². The number of rotatable bonds is 7. The Kier molecular flexibility index (Phi) is 5.80. The van der Waals surface area contributed by atoms with Gasteiger partial charge in [-0.05, 0) is 30.5 Å². The minimum Gasteiger partial charge on any atom is -0.349 e. The van der Waals surface area contributed by atoms with Crippen molar-refractivity contribution in [1.29, 1.82) is 0 Å². The first-order valence-corrected chi connectivity index (χ1v) is 8.23. The van der Waals surface area contributed by atoms with E-state index in [1.165, 1.54) is 5.56 Å². The molecular weight excluding hydrogens is 260 g/mol. The van der Waals surface area contributed by atoms with Gasteiger partial charge in [0.1, 0.15) is 0 Å². The van der Waals surface area contributed by atoms with E-state index in [4.69, 9.17) is 0 Å². The van der Waals surface area contributed by atoms with Gasteiger partial charge < -0.3 is 10.6 Å². The lowest BCUT2D eigenvalue weighted by Crippen LogP contribution is -2.50. The van der Waals surface area contributed by atoms with Gasteiger partial charge in [0.2, 0.25) is 5.91 Å². The molecule has 21 heavy (non-hydrogen) atoms. The average molecular weight is 288 g/mol. The van der Waals surface area contributed by atoms with Crippen molar-refractivity contribution in [3.63, 3.8) is 0 Å². The second kappa shape index (κ2) is 7.60. The third kappa shape index (κ3) is 3.85. The van der Waals surface area contributed by atoms with Crippen LogP contribution in [0.1, 0.15) is 45.2 Å². The van der Waals surface area contributed by atoms with E-state index < -0.39 is 0 Å². The molecule has 0 aliphatic carbocycles. The molecule has 1 fully saturated rings. The standard InChI is InChI=1S/C18H28N2O/c1-4-14(5-2)17(15-9-7-6-8-10-15)20-18(21)13(3)16-11-19-12-16/h6-10,13-14,16-17,19H,4-5,11-12H2,1-3H3,(H,20,21). The molecule has 2 rings (SSSR count). The van der Waals surface area contributed by atoms with Crippen LogP contribution in [0, 0.1) is 17.8 Å². The molecule has 1 amide bonds. The summed E-state index contributed by atoms with van der Waals surface area (Å²) in [5, 5.41) is 6.56. The van der Waals surface area contributed by atoms with Crippen molar-refractivity contribution in [2.75, 3.05) is 13.1 Å². The highest BCUT2D eigenvalue weighted by atomic mass is 16.1. The minimum absolute atomic E-state index is 0.0897. The van der Waals surface area contributed by atoms with Gasteiger partial charge in [0.25, 0.3) is 0 Å². The Morgan fingerprint density at radius 1 is 1.24 bits per heavy atom. The summed E-state index contributed by atoms with van der Waals surface area (Å²) < 4.78 is 0. The monoisotopic (exact) mass is 288 g/mol. The molecule has 2 unspecified atom stereocenters. The molecule has 1 aromatic rings. The van der Waals surface area contributed by atoms with Crippen LogP contribution in [0.15, 0.2) is 30.3 Å². The number of carbonyl (C=O) groups is 1. The van der Waals surface area contributed by atoms with Crippen molar-refractivity contribution < 1.29 is 4.79 Å². The van der Waals surface area contributed by atoms with E-state index in [9.17, 15) is 4.79 Å². The topological polar surface area (TPSA) is 41.1 Å². The van der Waals surface area contributed by atoms with Crippen molar-refractivity contribution in [1.82, 2.24) is 10.6 Å². The highest BCUT2D eigenvalue weighted by Crippen LogP contribution is 2.28. The second-order valence-electron chi connectivity index (χ2n) is 6.18. The zero-order valence-corrected chi connectivity index (χ0v) is 13.4. The van der Waals surface area contributed by atoms with E-state index in [0.29, 0.717) is 11.8 Å². The van der Waals surface area contributed by atoms with Gasteiger partial charge in [0.05, 0.1) is 6.04 Å². The summed E-state index contributed by atoms with van der Waals surface area (Å²) in [6, 6.07) is 10.5. The predicted octanol–water partition coefficient (Wildman–Crippen LogP) is 3.14. The molecule has 0 spiro atoms. The third-order valence-electron chi connectivity index (χ3n) is 4.91. The van der Waals surface area contributed by atoms with Crippen molar-refractivity contribution >= 4 is 5.91 Å². The third-order valence-corrected chi connectivity index (χ3v) is 4.91. The van der Waals surface area contributed by atoms with Gasteiger partial charge in [-0.1, -0.05) is 63.9 Å². The SMILES string of the molecule is CCC(CC)C(NC(=O)C(C)C1CNC1)c1ccccc1. The summed E-state index contributed by atoms with van der Waals surface area (Å²) in [7, 11) is 0. The first-order chi connectivity index (χ1) is 10.2. The Labute approximate surface area is 128 Å². The quantitative estimate of drug-likeness (QED) is 0.809. The Bertz CT molecular complexity index is 438. The second-order valence-corrected chi connectivity index (χ2v) is 6.18. The van der Waals surface area contributed by atoms with Crippen LogP contribution in [-0.4, -0.2) is 19.0 Å². The molecular formula is C18H28N2O. The molecule has 1 heterocycles. The fourth-order valence-corrected chi connectivity index (χ4v) is 3.06. The van der Waals surface area contributed by atoms with E-state index in [0.717, 1.165) is 25.9 Å². The van der Waals surface area contributed by atoms with Crippen LogP contribution in [0.25, 0.3) is 0 Å². The predicted molar refractivity (Wildman–Crippen MR) is 86.9 cm³/mol. The van der Waals surface area contributed by atoms with Crippen LogP contribution < -0.4 is 10.6 Å². The Morgan fingerprint density at radius 3 is 2.33 bits per heavy atom. The lowest BCUT2D eigenvalue weighted by atomic mass is 9.85. The minimum atomic E-state index is 0.0897. The molecule has 2 N–H and O–H groups in total. The van der Waals surface area contributed by atoms with Crippen LogP contribution in [0.4, 0.5) is 0 Å². The summed E-state index contributed by atoms with van der Waals surface area (Å²) in [6.45, 7) is 8.39. The van der Waals surface area contributed by atoms with Gasteiger partial charge in [-0.3, -0.25) is 4.79 Å². The summed E-state index contributed by atoms with van der Waals surface area (Å²) in [4.78, 5) is 12.6. The molecule has 0 saturated carbocycles. The van der Waals surface area contributed by atoms with Crippen molar-refractivity contribution in [3.05, 3.63) is 35.9 Å². The Balaban J connectivity index is 2.10. The fraction of sp³-hybridized carbons (Fsp3) is 0.611. The van der Waals surface area contributed by atoms with E-state index in [-0.39, 0.29) is 17.9 Å². The molecule has 0 bridgehead atoms. The van der Waals surface area contributed by atoms with Crippen LogP contribution in [0.3, 0.4) is 0 Å². The maximum absolute atomic E-state index is 12.6. The van der Waals surface area contributed by atoms with Gasteiger partial charge in [0.15, 0.2) is 0 Å². The smallest absolute Gasteiger partial charge is 0.223 e. The van der Waals surface area contributed by atoms with Crippen molar-refractivity contribution in [2.45, 2.75) is 39.7 Å². The number of amides is 1. The maximum Gasteiger partial charge on any atom is 0.223 e. The molecule has 2 atom stereocenters. The van der Waals surface area contributed by atoms with E-state index in [2.05, 4.69) is 55.7 Å². The largest absolute Gasteiger partial charge is 0.349 e. The Hall–Kier alpha value is -1.35. The van der Waals surface area contributed by atoms with E-state index >= 15 is 0 Å². The average Bonchev–Trinajstić information content (AvgIpc) is 2.46. The molecule has 3 nitrogen and oxygen atoms in total. The molecule has 0 radical (unpaired) electrons. The number of hydrogen-bond acceptors (Lipinski definition) is 2. The highest BCUT2D eigenvalue weighted by Gasteiger charge is 2.31. The highest BCUT2D eigenvalue weighted by molar-refractivity contribution is 5.79. The van der Waals surface area contributed by atoms with Gasteiger partial charge in [0, 0.05) is 5.92 Å². The first kappa shape index (κ1) is 16.0. The molecule has 116 valence electrons. The Morgan fingerprint density at radius 2 is 1.86 bits per heavy atom. The zero-order chi connectivity index (χ0) is 15.2. The fourth-order valence-electron chi connectivity index (χ4n) is 3.06.